The number of anilines is 1. The van der Waals surface area contributed by atoms with E-state index in [0.29, 0.717) is 11.6 Å². The Bertz CT molecular complexity index is 986. The van der Waals surface area contributed by atoms with Gasteiger partial charge < -0.3 is 10.1 Å². The fraction of sp³-hybridized carbons (Fsp3) is 0.381. The molecule has 0 saturated carbocycles. The molecule has 1 fully saturated rings. The Kier molecular flexibility index (Phi) is 4.66. The van der Waals surface area contributed by atoms with Gasteiger partial charge in [0.15, 0.2) is 5.65 Å². The second-order valence-corrected chi connectivity index (χ2v) is 7.19. The maximum atomic E-state index is 12.8. The average Bonchev–Trinajstić information content (AvgIpc) is 3.02. The lowest BCUT2D eigenvalue weighted by Gasteiger charge is -2.22. The molecule has 0 atom stereocenters. The number of hydrogen-bond acceptors (Lipinski definition) is 4. The van der Waals surface area contributed by atoms with E-state index in [-0.39, 0.29) is 5.91 Å². The van der Waals surface area contributed by atoms with Gasteiger partial charge in [0.1, 0.15) is 0 Å². The molecule has 27 heavy (non-hydrogen) atoms. The van der Waals surface area contributed by atoms with E-state index in [0.717, 1.165) is 59.6 Å². The molecule has 1 saturated heterocycles. The number of aryl methyl sites for hydroxylation is 3. The summed E-state index contributed by atoms with van der Waals surface area (Å²) in [6.07, 6.45) is 3.54. The van der Waals surface area contributed by atoms with Crippen LogP contribution in [-0.2, 0) is 4.74 Å². The highest BCUT2D eigenvalue weighted by Crippen LogP contribution is 2.29. The lowest BCUT2D eigenvalue weighted by molar-refractivity contribution is 0.0672. The summed E-state index contributed by atoms with van der Waals surface area (Å²) in [6, 6.07) is 8.07. The molecule has 0 radical (unpaired) electrons. The predicted octanol–water partition coefficient (Wildman–Crippen LogP) is 3.96. The minimum Gasteiger partial charge on any atom is -0.381 e. The van der Waals surface area contributed by atoms with Gasteiger partial charge in [-0.05, 0) is 51.3 Å². The maximum Gasteiger partial charge on any atom is 0.257 e. The van der Waals surface area contributed by atoms with Crippen LogP contribution in [0.5, 0.6) is 0 Å². The van der Waals surface area contributed by atoms with Gasteiger partial charge in [0, 0.05) is 30.5 Å². The number of carbonyl (C=O) groups excluding carboxylic acids is 1. The minimum atomic E-state index is -0.149. The highest BCUT2D eigenvalue weighted by atomic mass is 16.5. The molecule has 4 rings (SSSR count). The van der Waals surface area contributed by atoms with E-state index in [1.807, 2.05) is 49.7 Å². The highest BCUT2D eigenvalue weighted by Gasteiger charge is 2.23. The van der Waals surface area contributed by atoms with Gasteiger partial charge in [-0.2, -0.15) is 5.10 Å². The van der Waals surface area contributed by atoms with Crippen LogP contribution < -0.4 is 5.32 Å². The number of pyridine rings is 1. The molecule has 1 aromatic carbocycles. The molecule has 0 spiro atoms. The van der Waals surface area contributed by atoms with Crippen molar-refractivity contribution in [2.75, 3.05) is 18.5 Å². The predicted molar refractivity (Wildman–Crippen MR) is 105 cm³/mol. The molecule has 1 aliphatic heterocycles. The molecule has 6 heteroatoms. The smallest absolute Gasteiger partial charge is 0.257 e. The van der Waals surface area contributed by atoms with Crippen LogP contribution in [0, 0.1) is 20.8 Å². The van der Waals surface area contributed by atoms with Crippen molar-refractivity contribution in [2.24, 2.45) is 0 Å². The summed E-state index contributed by atoms with van der Waals surface area (Å²) in [4.78, 5) is 17.4. The molecule has 3 aromatic rings. The van der Waals surface area contributed by atoms with Gasteiger partial charge in [0.25, 0.3) is 5.91 Å². The van der Waals surface area contributed by atoms with E-state index in [4.69, 9.17) is 9.84 Å². The van der Waals surface area contributed by atoms with Crippen molar-refractivity contribution in [1.82, 2.24) is 14.8 Å². The summed E-state index contributed by atoms with van der Waals surface area (Å²) in [5, 5.41) is 8.66. The van der Waals surface area contributed by atoms with Crippen LogP contribution in [0.15, 0.2) is 30.5 Å². The first-order valence-corrected chi connectivity index (χ1v) is 9.35. The first-order chi connectivity index (χ1) is 13.0. The SMILES string of the molecule is Cc1ccc(NC(=O)c2cnc3c(c(C)nn3C3CCOCC3)c2C)cc1. The normalized spacial score (nSPS) is 15.2. The van der Waals surface area contributed by atoms with Crippen molar-refractivity contribution in [3.63, 3.8) is 0 Å². The largest absolute Gasteiger partial charge is 0.381 e. The average molecular weight is 364 g/mol. The molecule has 1 N–H and O–H groups in total. The van der Waals surface area contributed by atoms with Crippen molar-refractivity contribution >= 4 is 22.6 Å². The van der Waals surface area contributed by atoms with E-state index >= 15 is 0 Å². The number of carbonyl (C=O) groups is 1. The summed E-state index contributed by atoms with van der Waals surface area (Å²) in [5.74, 6) is -0.149. The molecule has 1 amide bonds. The first kappa shape index (κ1) is 17.7. The minimum absolute atomic E-state index is 0.149. The number of aromatic nitrogens is 3. The molecule has 0 aliphatic carbocycles. The first-order valence-electron chi connectivity index (χ1n) is 9.35. The Morgan fingerprint density at radius 1 is 1.15 bits per heavy atom. The Morgan fingerprint density at radius 3 is 2.56 bits per heavy atom. The number of hydrogen-bond donors (Lipinski definition) is 1. The van der Waals surface area contributed by atoms with Gasteiger partial charge in [-0.15, -0.1) is 0 Å². The maximum absolute atomic E-state index is 12.8. The van der Waals surface area contributed by atoms with Gasteiger partial charge in [-0.3, -0.25) is 4.79 Å². The van der Waals surface area contributed by atoms with E-state index in [1.54, 1.807) is 6.20 Å². The lowest BCUT2D eigenvalue weighted by Crippen LogP contribution is -2.21. The van der Waals surface area contributed by atoms with Crippen molar-refractivity contribution in [1.29, 1.82) is 0 Å². The molecule has 0 bridgehead atoms. The zero-order valence-electron chi connectivity index (χ0n) is 16.0. The summed E-state index contributed by atoms with van der Waals surface area (Å²) < 4.78 is 7.48. The molecule has 2 aromatic heterocycles. The second-order valence-electron chi connectivity index (χ2n) is 7.19. The summed E-state index contributed by atoms with van der Waals surface area (Å²) in [7, 11) is 0. The summed E-state index contributed by atoms with van der Waals surface area (Å²) in [5.41, 5.74) is 5.19. The van der Waals surface area contributed by atoms with Crippen molar-refractivity contribution in [3.05, 3.63) is 52.8 Å². The molecule has 1 aliphatic rings. The van der Waals surface area contributed by atoms with Gasteiger partial charge in [-0.1, -0.05) is 17.7 Å². The lowest BCUT2D eigenvalue weighted by atomic mass is 10.1. The van der Waals surface area contributed by atoms with Crippen LogP contribution in [0.1, 0.15) is 46.1 Å². The second kappa shape index (κ2) is 7.12. The number of rotatable bonds is 3. The van der Waals surface area contributed by atoms with Crippen LogP contribution in [0.25, 0.3) is 11.0 Å². The van der Waals surface area contributed by atoms with Crippen LogP contribution in [0.2, 0.25) is 0 Å². The van der Waals surface area contributed by atoms with E-state index in [2.05, 4.69) is 10.3 Å². The zero-order valence-corrected chi connectivity index (χ0v) is 16.0. The van der Waals surface area contributed by atoms with Crippen molar-refractivity contribution < 1.29 is 9.53 Å². The number of amides is 1. The third-order valence-electron chi connectivity index (χ3n) is 5.25. The third-order valence-corrected chi connectivity index (χ3v) is 5.25. The fourth-order valence-electron chi connectivity index (χ4n) is 3.70. The fourth-order valence-corrected chi connectivity index (χ4v) is 3.70. The Hall–Kier alpha value is -2.73. The van der Waals surface area contributed by atoms with Crippen LogP contribution >= 0.6 is 0 Å². The van der Waals surface area contributed by atoms with E-state index < -0.39 is 0 Å². The topological polar surface area (TPSA) is 69.0 Å². The summed E-state index contributed by atoms with van der Waals surface area (Å²) in [6.45, 7) is 7.47. The molecule has 140 valence electrons. The molecule has 6 nitrogen and oxygen atoms in total. The van der Waals surface area contributed by atoms with Crippen LogP contribution in [0.4, 0.5) is 5.69 Å². The van der Waals surface area contributed by atoms with Gasteiger partial charge in [0.2, 0.25) is 0 Å². The van der Waals surface area contributed by atoms with Gasteiger partial charge in [0.05, 0.1) is 17.3 Å². The molecule has 0 unspecified atom stereocenters. The van der Waals surface area contributed by atoms with Gasteiger partial charge >= 0.3 is 0 Å². The Labute approximate surface area is 158 Å². The third kappa shape index (κ3) is 3.32. The summed E-state index contributed by atoms with van der Waals surface area (Å²) >= 11 is 0. The molecule has 3 heterocycles. The number of nitrogens with zero attached hydrogens (tertiary/aromatic N) is 3. The number of ether oxygens (including phenoxy) is 1. The Balaban J connectivity index is 1.68. The van der Waals surface area contributed by atoms with Gasteiger partial charge in [-0.25, -0.2) is 9.67 Å². The van der Waals surface area contributed by atoms with E-state index in [1.165, 1.54) is 0 Å². The monoisotopic (exact) mass is 364 g/mol. The van der Waals surface area contributed by atoms with E-state index in [9.17, 15) is 4.79 Å². The quantitative estimate of drug-likeness (QED) is 0.764. The standard InChI is InChI=1S/C21H24N4O2/c1-13-4-6-16(7-5-13)23-21(26)18-12-22-20-19(14(18)2)15(3)24-25(20)17-8-10-27-11-9-17/h4-7,12,17H,8-11H2,1-3H3,(H,23,26). The molecular weight excluding hydrogens is 340 g/mol. The molecular formula is C21H24N4O2. The zero-order chi connectivity index (χ0) is 19.0. The number of fused-ring (bicyclic) bond motifs is 1. The Morgan fingerprint density at radius 2 is 1.85 bits per heavy atom. The highest BCUT2D eigenvalue weighted by molar-refractivity contribution is 6.07. The van der Waals surface area contributed by atoms with Crippen molar-refractivity contribution in [3.8, 4) is 0 Å². The van der Waals surface area contributed by atoms with Crippen LogP contribution in [0.3, 0.4) is 0 Å². The number of benzene rings is 1. The number of nitrogens with one attached hydrogen (secondary N) is 1. The van der Waals surface area contributed by atoms with Crippen molar-refractivity contribution in [2.45, 2.75) is 39.7 Å². The van der Waals surface area contributed by atoms with Crippen LogP contribution in [-0.4, -0.2) is 33.9 Å².